The molecule has 44 heavy (non-hydrogen) atoms. The van der Waals surface area contributed by atoms with Crippen LogP contribution in [-0.4, -0.2) is 69.0 Å². The Labute approximate surface area is 259 Å². The third-order valence-corrected chi connectivity index (χ3v) is 10.00. The van der Waals surface area contributed by atoms with E-state index < -0.39 is 15.8 Å². The maximum atomic E-state index is 13.9. The largest absolute Gasteiger partial charge is 0.481 e. The van der Waals surface area contributed by atoms with E-state index in [-0.39, 0.29) is 34.7 Å². The van der Waals surface area contributed by atoms with Crippen LogP contribution in [0.3, 0.4) is 0 Å². The van der Waals surface area contributed by atoms with Crippen molar-refractivity contribution < 1.29 is 22.7 Å². The number of rotatable bonds is 13. The summed E-state index contributed by atoms with van der Waals surface area (Å²) < 4.78 is 32.8. The third-order valence-electron chi connectivity index (χ3n) is 8.18. The summed E-state index contributed by atoms with van der Waals surface area (Å²) in [6.45, 7) is 1.10. The average molecular weight is 620 g/mol. The quantitative estimate of drug-likeness (QED) is 0.194. The van der Waals surface area contributed by atoms with Gasteiger partial charge in [0.1, 0.15) is 5.84 Å². The standard InChI is InChI=1S/C33H41N5O5S/c1-36-30(39)11-4-6-23-14-16-38(17-15-23)33(40)28(19-24-7-3-9-26(18-24)32(34)35)22-44(41,42)29-10-5-8-25(20-29)27-12-13-31(43-2)37-21-27/h3,5,7-10,12-13,18,20-21,23,28H,4,6,11,14-17,19,22H2,1-2H3,(H3,34,35)(H,36,39)/t28-/m1/s1. The number of nitrogen functional groups attached to an aromatic ring is 1. The number of piperidine rings is 1. The first-order valence-electron chi connectivity index (χ1n) is 14.9. The van der Waals surface area contributed by atoms with Gasteiger partial charge < -0.3 is 20.7 Å². The van der Waals surface area contributed by atoms with Crippen molar-refractivity contribution in [3.8, 4) is 17.0 Å². The van der Waals surface area contributed by atoms with Gasteiger partial charge in [-0.1, -0.05) is 30.3 Å². The Balaban J connectivity index is 1.53. The van der Waals surface area contributed by atoms with Crippen LogP contribution in [0.1, 0.15) is 43.2 Å². The third kappa shape index (κ3) is 8.66. The molecule has 0 unspecified atom stereocenters. The van der Waals surface area contributed by atoms with Gasteiger partial charge >= 0.3 is 0 Å². The molecule has 11 heteroatoms. The number of nitrogens with one attached hydrogen (secondary N) is 2. The number of hydrogen-bond acceptors (Lipinski definition) is 7. The summed E-state index contributed by atoms with van der Waals surface area (Å²) in [6, 6.07) is 17.2. The van der Waals surface area contributed by atoms with Gasteiger partial charge in [-0.2, -0.15) is 0 Å². The molecule has 4 N–H and O–H groups in total. The maximum Gasteiger partial charge on any atom is 0.227 e. The molecule has 1 aliphatic heterocycles. The summed E-state index contributed by atoms with van der Waals surface area (Å²) >= 11 is 0. The molecule has 0 saturated carbocycles. The Morgan fingerprint density at radius 2 is 1.84 bits per heavy atom. The number of aromatic nitrogens is 1. The van der Waals surface area contributed by atoms with Crippen LogP contribution in [0, 0.1) is 17.2 Å². The molecule has 1 aliphatic rings. The minimum Gasteiger partial charge on any atom is -0.481 e. The number of sulfone groups is 1. The van der Waals surface area contributed by atoms with Crippen LogP contribution in [0.4, 0.5) is 0 Å². The van der Waals surface area contributed by atoms with E-state index in [1.54, 1.807) is 60.6 Å². The molecule has 3 aromatic rings. The number of methoxy groups -OCH3 is 1. The fourth-order valence-electron chi connectivity index (χ4n) is 5.65. The minimum atomic E-state index is -3.86. The number of nitrogens with zero attached hydrogens (tertiary/aromatic N) is 2. The van der Waals surface area contributed by atoms with Gasteiger partial charge in [-0.3, -0.25) is 15.0 Å². The van der Waals surface area contributed by atoms with Gasteiger partial charge in [-0.05, 0) is 73.4 Å². The van der Waals surface area contributed by atoms with Crippen molar-refractivity contribution in [2.75, 3.05) is 33.0 Å². The van der Waals surface area contributed by atoms with Crippen molar-refractivity contribution >= 4 is 27.5 Å². The van der Waals surface area contributed by atoms with Crippen molar-refractivity contribution in [1.82, 2.24) is 15.2 Å². The van der Waals surface area contributed by atoms with Crippen LogP contribution >= 0.6 is 0 Å². The van der Waals surface area contributed by atoms with Gasteiger partial charge in [0, 0.05) is 49.9 Å². The molecule has 2 heterocycles. The van der Waals surface area contributed by atoms with Crippen molar-refractivity contribution in [3.63, 3.8) is 0 Å². The van der Waals surface area contributed by atoms with Crippen LogP contribution < -0.4 is 15.8 Å². The Hall–Kier alpha value is -4.25. The van der Waals surface area contributed by atoms with Crippen LogP contribution in [0.2, 0.25) is 0 Å². The van der Waals surface area contributed by atoms with Crippen molar-refractivity contribution in [1.29, 1.82) is 5.41 Å². The summed E-state index contributed by atoms with van der Waals surface area (Å²) in [5, 5.41) is 10.4. The molecule has 0 aliphatic carbocycles. The zero-order valence-electron chi connectivity index (χ0n) is 25.3. The van der Waals surface area contributed by atoms with Gasteiger partial charge in [0.25, 0.3) is 0 Å². The summed E-state index contributed by atoms with van der Waals surface area (Å²) in [6.07, 6.45) is 5.68. The van der Waals surface area contributed by atoms with Gasteiger partial charge in [-0.25, -0.2) is 13.4 Å². The van der Waals surface area contributed by atoms with Crippen molar-refractivity contribution in [2.24, 2.45) is 17.6 Å². The highest BCUT2D eigenvalue weighted by atomic mass is 32.2. The zero-order chi connectivity index (χ0) is 31.7. The first kappa shape index (κ1) is 32.7. The van der Waals surface area contributed by atoms with Gasteiger partial charge in [0.2, 0.25) is 17.7 Å². The molecule has 0 bridgehead atoms. The Morgan fingerprint density at radius 1 is 1.09 bits per heavy atom. The number of ether oxygens (including phenoxy) is 1. The predicted molar refractivity (Wildman–Crippen MR) is 170 cm³/mol. The number of benzene rings is 2. The molecule has 1 saturated heterocycles. The smallest absolute Gasteiger partial charge is 0.227 e. The summed E-state index contributed by atoms with van der Waals surface area (Å²) in [7, 11) is -0.701. The lowest BCUT2D eigenvalue weighted by atomic mass is 9.90. The molecule has 0 radical (unpaired) electrons. The molecule has 1 atom stereocenters. The molecule has 234 valence electrons. The molecular weight excluding hydrogens is 578 g/mol. The van der Waals surface area contributed by atoms with Gasteiger partial charge in [0.15, 0.2) is 9.84 Å². The molecule has 4 rings (SSSR count). The lowest BCUT2D eigenvalue weighted by Crippen LogP contribution is -2.44. The fraction of sp³-hybridized carbons (Fsp3) is 0.394. The van der Waals surface area contributed by atoms with E-state index in [1.807, 2.05) is 18.2 Å². The van der Waals surface area contributed by atoms with Crippen LogP contribution in [0.15, 0.2) is 71.8 Å². The fourth-order valence-corrected chi connectivity index (χ4v) is 7.22. The highest BCUT2D eigenvalue weighted by Crippen LogP contribution is 2.28. The second-order valence-electron chi connectivity index (χ2n) is 11.2. The van der Waals surface area contributed by atoms with Crippen molar-refractivity contribution in [2.45, 2.75) is 43.4 Å². The second kappa shape index (κ2) is 15.0. The average Bonchev–Trinajstić information content (AvgIpc) is 3.04. The molecule has 2 amide bonds. The molecule has 10 nitrogen and oxygen atoms in total. The number of amides is 2. The second-order valence-corrected chi connectivity index (χ2v) is 13.3. The Morgan fingerprint density at radius 3 is 2.50 bits per heavy atom. The lowest BCUT2D eigenvalue weighted by molar-refractivity contribution is -0.136. The number of carbonyl (C=O) groups is 2. The van der Waals surface area contributed by atoms with E-state index in [0.29, 0.717) is 42.4 Å². The summed E-state index contributed by atoms with van der Waals surface area (Å²) in [5.41, 5.74) is 8.40. The molecule has 1 aromatic heterocycles. The Kier molecular flexibility index (Phi) is 11.1. The summed E-state index contributed by atoms with van der Waals surface area (Å²) in [4.78, 5) is 31.7. The van der Waals surface area contributed by atoms with Crippen LogP contribution in [0.25, 0.3) is 11.1 Å². The Bertz CT molecular complexity index is 1570. The lowest BCUT2D eigenvalue weighted by Gasteiger charge is -2.34. The van der Waals surface area contributed by atoms with Crippen LogP contribution in [0.5, 0.6) is 5.88 Å². The molecule has 2 aromatic carbocycles. The number of likely N-dealkylation sites (tertiary alicyclic amines) is 1. The maximum absolute atomic E-state index is 13.9. The first-order valence-corrected chi connectivity index (χ1v) is 16.5. The predicted octanol–water partition coefficient (Wildman–Crippen LogP) is 3.83. The normalized spacial score (nSPS) is 14.5. The van der Waals surface area contributed by atoms with Gasteiger partial charge in [0.05, 0.1) is 23.7 Å². The van der Waals surface area contributed by atoms with Crippen molar-refractivity contribution in [3.05, 3.63) is 78.0 Å². The topological polar surface area (TPSA) is 156 Å². The number of pyridine rings is 1. The number of hydrogen-bond donors (Lipinski definition) is 3. The summed E-state index contributed by atoms with van der Waals surface area (Å²) in [5.74, 6) is -0.548. The first-order chi connectivity index (χ1) is 21.1. The number of carbonyl (C=O) groups excluding carboxylic acids is 2. The monoisotopic (exact) mass is 619 g/mol. The van der Waals surface area contributed by atoms with Crippen LogP contribution in [-0.2, 0) is 25.8 Å². The van der Waals surface area contributed by atoms with E-state index in [0.717, 1.165) is 36.8 Å². The van der Waals surface area contributed by atoms with E-state index in [4.69, 9.17) is 15.9 Å². The van der Waals surface area contributed by atoms with E-state index in [2.05, 4.69) is 10.3 Å². The SMILES string of the molecule is CNC(=O)CCCC1CCN(C(=O)[C@H](Cc2cccc(C(=N)N)c2)CS(=O)(=O)c2cccc(-c3ccc(OC)nc3)c2)CC1. The molecule has 1 fully saturated rings. The molecule has 0 spiro atoms. The van der Waals surface area contributed by atoms with E-state index in [1.165, 1.54) is 7.11 Å². The zero-order valence-corrected chi connectivity index (χ0v) is 26.1. The van der Waals surface area contributed by atoms with E-state index >= 15 is 0 Å². The highest BCUT2D eigenvalue weighted by Gasteiger charge is 2.32. The molecular formula is C33H41N5O5S. The highest BCUT2D eigenvalue weighted by molar-refractivity contribution is 7.91. The minimum absolute atomic E-state index is 0.0294. The number of amidine groups is 1. The van der Waals surface area contributed by atoms with E-state index in [9.17, 15) is 18.0 Å². The van der Waals surface area contributed by atoms with Gasteiger partial charge in [-0.15, -0.1) is 0 Å². The number of nitrogens with two attached hydrogens (primary N) is 1.